The van der Waals surface area contributed by atoms with Crippen LogP contribution in [0.2, 0.25) is 5.02 Å². The van der Waals surface area contributed by atoms with Crippen molar-refractivity contribution in [3.63, 3.8) is 0 Å². The van der Waals surface area contributed by atoms with Crippen LogP contribution in [-0.2, 0) is 31.7 Å². The molecule has 2 saturated heterocycles. The molecular weight excluding hydrogens is 656 g/mol. The number of anilines is 1. The average molecular weight is 697 g/mol. The summed E-state index contributed by atoms with van der Waals surface area (Å²) in [5.41, 5.74) is 0.0966. The first-order chi connectivity index (χ1) is 23.0. The Kier molecular flexibility index (Phi) is 9.38. The lowest BCUT2D eigenvalue weighted by molar-refractivity contribution is -0.138. The van der Waals surface area contributed by atoms with Crippen LogP contribution in [0.3, 0.4) is 0 Å². The number of amides is 2. The van der Waals surface area contributed by atoms with E-state index in [0.29, 0.717) is 53.6 Å². The van der Waals surface area contributed by atoms with Crippen LogP contribution in [0.5, 0.6) is 17.2 Å². The van der Waals surface area contributed by atoms with Gasteiger partial charge in [0.05, 0.1) is 33.1 Å². The Morgan fingerprint density at radius 2 is 1.62 bits per heavy atom. The number of likely N-dealkylation sites (N-methyl/N-ethyl adjacent to an activating group) is 1. The van der Waals surface area contributed by atoms with Gasteiger partial charge in [0, 0.05) is 49.4 Å². The van der Waals surface area contributed by atoms with Crippen LogP contribution in [0.4, 0.5) is 5.69 Å². The van der Waals surface area contributed by atoms with E-state index in [9.17, 15) is 13.2 Å². The second-order valence-electron chi connectivity index (χ2n) is 12.6. The minimum absolute atomic E-state index is 0.0159. The van der Waals surface area contributed by atoms with E-state index in [2.05, 4.69) is 4.90 Å². The Balaban J connectivity index is 1.65. The van der Waals surface area contributed by atoms with Gasteiger partial charge >= 0.3 is 0 Å². The second kappa shape index (κ2) is 13.2. The third kappa shape index (κ3) is 5.48. The smallest absolute Gasteiger partial charge is 0.274 e. The molecule has 0 aromatic heterocycles. The molecule has 0 aliphatic carbocycles. The van der Waals surface area contributed by atoms with E-state index < -0.39 is 27.5 Å². The number of nitrogens with zero attached hydrogens (tertiary/aromatic N) is 4. The highest BCUT2D eigenvalue weighted by molar-refractivity contribution is 7.93. The number of halogens is 1. The van der Waals surface area contributed by atoms with Gasteiger partial charge in [-0.2, -0.15) is 0 Å². The van der Waals surface area contributed by atoms with Gasteiger partial charge in [-0.1, -0.05) is 17.7 Å². The van der Waals surface area contributed by atoms with Gasteiger partial charge in [-0.25, -0.2) is 12.7 Å². The van der Waals surface area contributed by atoms with Gasteiger partial charge in [0.1, 0.15) is 22.1 Å². The standard InChI is InChI=1S/C35H41ClN4O7S/c1-37(2)33(41)29-9-8-18-39(29)35(27-19-23(10-14-30(27)46-4)22-38-16-6-7-17-38)26-20-24(36)11-13-28(26)40(34(35)42)48(43,44)32-15-12-25(45-3)21-31(32)47-5/h10-15,19-21,29H,6-9,16-18,22H2,1-5H3/t29?,35-/m0/s1. The molecule has 0 radical (unpaired) electrons. The van der Waals surface area contributed by atoms with Crippen LogP contribution >= 0.6 is 11.6 Å². The Morgan fingerprint density at radius 1 is 0.896 bits per heavy atom. The molecule has 256 valence electrons. The SMILES string of the molecule is COc1ccc(S(=O)(=O)N2C(=O)[C@](c3cc(CN4CCCC4)ccc3OC)(N3CCCC3C(=O)N(C)C)c3cc(Cl)ccc32)c(OC)c1. The van der Waals surface area contributed by atoms with Gasteiger partial charge < -0.3 is 19.1 Å². The Bertz CT molecular complexity index is 1850. The highest BCUT2D eigenvalue weighted by Gasteiger charge is 2.63. The molecule has 3 aromatic carbocycles. The number of ether oxygens (including phenoxy) is 3. The topological polar surface area (TPSA) is 109 Å². The predicted molar refractivity (Wildman–Crippen MR) is 182 cm³/mol. The van der Waals surface area contributed by atoms with Crippen LogP contribution < -0.4 is 18.5 Å². The fourth-order valence-electron chi connectivity index (χ4n) is 7.42. The van der Waals surface area contributed by atoms with Gasteiger partial charge in [-0.15, -0.1) is 0 Å². The number of likely N-dealkylation sites (tertiary alicyclic amines) is 2. The van der Waals surface area contributed by atoms with E-state index in [-0.39, 0.29) is 22.2 Å². The summed E-state index contributed by atoms with van der Waals surface area (Å²) >= 11 is 6.68. The molecular formula is C35H41ClN4O7S. The van der Waals surface area contributed by atoms with E-state index in [1.807, 2.05) is 23.1 Å². The van der Waals surface area contributed by atoms with Crippen molar-refractivity contribution in [2.24, 2.45) is 0 Å². The zero-order chi connectivity index (χ0) is 34.4. The summed E-state index contributed by atoms with van der Waals surface area (Å²) in [6.45, 7) is 2.92. The van der Waals surface area contributed by atoms with Gasteiger partial charge in [0.2, 0.25) is 5.91 Å². The number of methoxy groups -OCH3 is 3. The second-order valence-corrected chi connectivity index (χ2v) is 14.8. The van der Waals surface area contributed by atoms with Crippen molar-refractivity contribution < 1.29 is 32.2 Å². The van der Waals surface area contributed by atoms with Gasteiger partial charge in [-0.3, -0.25) is 19.4 Å². The molecule has 3 aliphatic heterocycles. The predicted octanol–water partition coefficient (Wildman–Crippen LogP) is 4.49. The van der Waals surface area contributed by atoms with Crippen molar-refractivity contribution in [2.45, 2.75) is 48.7 Å². The van der Waals surface area contributed by atoms with E-state index in [0.717, 1.165) is 35.8 Å². The molecule has 1 unspecified atom stereocenters. The van der Waals surface area contributed by atoms with E-state index in [1.54, 1.807) is 32.3 Å². The summed E-state index contributed by atoms with van der Waals surface area (Å²) in [5.74, 6) is -0.145. The molecule has 2 fully saturated rings. The highest BCUT2D eigenvalue weighted by atomic mass is 35.5. The Labute approximate surface area is 286 Å². The van der Waals surface area contributed by atoms with Gasteiger partial charge in [-0.05, 0) is 86.8 Å². The van der Waals surface area contributed by atoms with Crippen LogP contribution in [0.15, 0.2) is 59.5 Å². The number of carbonyl (C=O) groups is 2. The summed E-state index contributed by atoms with van der Waals surface area (Å²) < 4.78 is 47.2. The first-order valence-corrected chi connectivity index (χ1v) is 17.8. The van der Waals surface area contributed by atoms with Crippen LogP contribution in [-0.4, -0.2) is 96.0 Å². The lowest BCUT2D eigenvalue weighted by atomic mass is 9.80. The minimum atomic E-state index is -4.60. The number of rotatable bonds is 10. The Morgan fingerprint density at radius 3 is 2.29 bits per heavy atom. The maximum absolute atomic E-state index is 15.6. The third-order valence-electron chi connectivity index (χ3n) is 9.62. The van der Waals surface area contributed by atoms with Crippen LogP contribution in [0.25, 0.3) is 0 Å². The molecule has 0 saturated carbocycles. The molecule has 13 heteroatoms. The zero-order valence-corrected chi connectivity index (χ0v) is 29.4. The summed E-state index contributed by atoms with van der Waals surface area (Å²) in [6.07, 6.45) is 3.32. The third-order valence-corrected chi connectivity index (χ3v) is 11.6. The molecule has 0 N–H and O–H groups in total. The normalized spacial score (nSPS) is 21.4. The number of carbonyl (C=O) groups excluding carboxylic acids is 2. The molecule has 11 nitrogen and oxygen atoms in total. The Hall–Kier alpha value is -3.84. The minimum Gasteiger partial charge on any atom is -0.497 e. The van der Waals surface area contributed by atoms with Crippen LogP contribution in [0, 0.1) is 0 Å². The first kappa shape index (κ1) is 34.0. The van der Waals surface area contributed by atoms with Crippen molar-refractivity contribution >= 4 is 39.1 Å². The fraction of sp³-hybridized carbons (Fsp3) is 0.429. The zero-order valence-electron chi connectivity index (χ0n) is 27.9. The monoisotopic (exact) mass is 696 g/mol. The number of benzene rings is 3. The molecule has 2 atom stereocenters. The summed E-state index contributed by atoms with van der Waals surface area (Å²) in [6, 6.07) is 14.1. The van der Waals surface area contributed by atoms with Crippen molar-refractivity contribution in [1.29, 1.82) is 0 Å². The van der Waals surface area contributed by atoms with Gasteiger partial charge in [0.15, 0.2) is 5.54 Å². The van der Waals surface area contributed by atoms with E-state index >= 15 is 4.79 Å². The number of sulfonamides is 1. The molecule has 2 amide bonds. The number of hydrogen-bond acceptors (Lipinski definition) is 9. The molecule has 0 spiro atoms. The van der Waals surface area contributed by atoms with E-state index in [1.165, 1.54) is 44.4 Å². The van der Waals surface area contributed by atoms with Gasteiger partial charge in [0.25, 0.3) is 15.9 Å². The molecule has 3 heterocycles. The van der Waals surface area contributed by atoms with E-state index in [4.69, 9.17) is 25.8 Å². The highest BCUT2D eigenvalue weighted by Crippen LogP contribution is 2.55. The van der Waals surface area contributed by atoms with Crippen molar-refractivity contribution in [3.05, 3.63) is 76.3 Å². The van der Waals surface area contributed by atoms with Crippen molar-refractivity contribution in [2.75, 3.05) is 59.4 Å². The molecule has 6 rings (SSSR count). The summed E-state index contributed by atoms with van der Waals surface area (Å²) in [4.78, 5) is 34.9. The summed E-state index contributed by atoms with van der Waals surface area (Å²) in [5, 5.41) is 0.314. The average Bonchev–Trinajstić information content (AvgIpc) is 3.83. The fourth-order valence-corrected chi connectivity index (χ4v) is 9.20. The lowest BCUT2D eigenvalue weighted by Gasteiger charge is -2.42. The molecule has 48 heavy (non-hydrogen) atoms. The lowest BCUT2D eigenvalue weighted by Crippen LogP contribution is -2.59. The van der Waals surface area contributed by atoms with Crippen molar-refractivity contribution in [1.82, 2.24) is 14.7 Å². The largest absolute Gasteiger partial charge is 0.497 e. The number of hydrogen-bond donors (Lipinski definition) is 0. The summed E-state index contributed by atoms with van der Waals surface area (Å²) in [7, 11) is 3.10. The maximum Gasteiger partial charge on any atom is 0.274 e. The maximum atomic E-state index is 15.6. The molecule has 0 bridgehead atoms. The van der Waals surface area contributed by atoms with Crippen LogP contribution in [0.1, 0.15) is 42.4 Å². The molecule has 3 aliphatic rings. The number of fused-ring (bicyclic) bond motifs is 1. The van der Waals surface area contributed by atoms with Crippen molar-refractivity contribution in [3.8, 4) is 17.2 Å². The first-order valence-electron chi connectivity index (χ1n) is 16.0. The quantitative estimate of drug-likeness (QED) is 0.303. The molecule has 3 aromatic rings.